The molecule has 1 fully saturated rings. The van der Waals surface area contributed by atoms with E-state index in [1.807, 2.05) is 12.1 Å². The van der Waals surface area contributed by atoms with E-state index >= 15 is 0 Å². The molecule has 0 atom stereocenters. The van der Waals surface area contributed by atoms with Gasteiger partial charge in [-0.3, -0.25) is 9.59 Å². The van der Waals surface area contributed by atoms with Crippen LogP contribution in [-0.2, 0) is 14.8 Å². The Bertz CT molecular complexity index is 1420. The normalized spacial score (nSPS) is 14.1. The Morgan fingerprint density at radius 2 is 1.56 bits per heavy atom. The van der Waals surface area contributed by atoms with Crippen molar-refractivity contribution in [2.75, 3.05) is 42.9 Å². The predicted molar refractivity (Wildman–Crippen MR) is 150 cm³/mol. The van der Waals surface area contributed by atoms with Crippen molar-refractivity contribution in [1.29, 1.82) is 0 Å². The van der Waals surface area contributed by atoms with E-state index in [1.165, 1.54) is 36.4 Å². The van der Waals surface area contributed by atoms with Gasteiger partial charge in [0.2, 0.25) is 15.9 Å². The van der Waals surface area contributed by atoms with Crippen LogP contribution in [0.15, 0.2) is 77.7 Å². The number of sulfonamides is 1. The van der Waals surface area contributed by atoms with Crippen LogP contribution in [-0.4, -0.2) is 68.2 Å². The zero-order chi connectivity index (χ0) is 28.2. The average Bonchev–Trinajstić information content (AvgIpc) is 2.92. The number of anilines is 2. The molecule has 206 valence electrons. The van der Waals surface area contributed by atoms with E-state index in [9.17, 15) is 22.4 Å². The molecule has 0 aliphatic carbocycles. The molecule has 1 N–H and O–H groups in total. The summed E-state index contributed by atoms with van der Waals surface area (Å²) in [6, 6.07) is 18.6. The first-order valence-electron chi connectivity index (χ1n) is 12.5. The molecule has 1 heterocycles. The third-order valence-electron chi connectivity index (χ3n) is 6.48. The van der Waals surface area contributed by atoms with E-state index < -0.39 is 27.8 Å². The van der Waals surface area contributed by atoms with Gasteiger partial charge in [0.1, 0.15) is 5.82 Å². The standard InChI is InChI=1S/C28H30ClFN4O4S/c1-20(2)34(39(37,38)24-13-7-21(29)8-14-24)19-27(35)31-22-9-11-23(12-10-22)32-15-17-33(18-16-32)28(36)25-5-3-4-6-26(25)30/h3-14,20H,15-19H2,1-2H3,(H,31,35). The molecule has 3 aromatic carbocycles. The number of hydrogen-bond acceptors (Lipinski definition) is 5. The Kier molecular flexibility index (Phi) is 8.89. The molecule has 1 aliphatic heterocycles. The highest BCUT2D eigenvalue weighted by molar-refractivity contribution is 7.89. The van der Waals surface area contributed by atoms with Gasteiger partial charge in [0.15, 0.2) is 0 Å². The zero-order valence-electron chi connectivity index (χ0n) is 21.7. The molecule has 8 nitrogen and oxygen atoms in total. The van der Waals surface area contributed by atoms with Crippen LogP contribution in [0.5, 0.6) is 0 Å². The van der Waals surface area contributed by atoms with Gasteiger partial charge in [-0.25, -0.2) is 12.8 Å². The molecule has 0 radical (unpaired) electrons. The van der Waals surface area contributed by atoms with E-state index in [0.717, 1.165) is 9.99 Å². The number of hydrogen-bond donors (Lipinski definition) is 1. The van der Waals surface area contributed by atoms with Crippen molar-refractivity contribution < 1.29 is 22.4 Å². The Labute approximate surface area is 233 Å². The van der Waals surface area contributed by atoms with Crippen LogP contribution in [0, 0.1) is 5.82 Å². The average molecular weight is 573 g/mol. The quantitative estimate of drug-likeness (QED) is 0.430. The van der Waals surface area contributed by atoms with Gasteiger partial charge in [-0.15, -0.1) is 0 Å². The summed E-state index contributed by atoms with van der Waals surface area (Å²) < 4.78 is 41.4. The highest BCUT2D eigenvalue weighted by atomic mass is 35.5. The fourth-order valence-electron chi connectivity index (χ4n) is 4.36. The summed E-state index contributed by atoms with van der Waals surface area (Å²) in [6.45, 7) is 5.15. The van der Waals surface area contributed by atoms with Crippen LogP contribution in [0.1, 0.15) is 24.2 Å². The Hall–Kier alpha value is -3.47. The smallest absolute Gasteiger partial charge is 0.256 e. The van der Waals surface area contributed by atoms with Gasteiger partial charge in [-0.1, -0.05) is 23.7 Å². The molecular weight excluding hydrogens is 543 g/mol. The van der Waals surface area contributed by atoms with Gasteiger partial charge < -0.3 is 15.1 Å². The van der Waals surface area contributed by atoms with Crippen LogP contribution < -0.4 is 10.2 Å². The number of piperazine rings is 1. The Morgan fingerprint density at radius 3 is 2.15 bits per heavy atom. The van der Waals surface area contributed by atoms with Gasteiger partial charge in [0.25, 0.3) is 5.91 Å². The third kappa shape index (κ3) is 6.76. The van der Waals surface area contributed by atoms with Crippen molar-refractivity contribution in [3.05, 3.63) is 89.2 Å². The minimum Gasteiger partial charge on any atom is -0.368 e. The van der Waals surface area contributed by atoms with Crippen molar-refractivity contribution in [3.8, 4) is 0 Å². The fraction of sp³-hybridized carbons (Fsp3) is 0.286. The van der Waals surface area contributed by atoms with E-state index in [2.05, 4.69) is 10.2 Å². The molecule has 11 heteroatoms. The van der Waals surface area contributed by atoms with Crippen LogP contribution in [0.2, 0.25) is 5.02 Å². The van der Waals surface area contributed by atoms with Crippen LogP contribution >= 0.6 is 11.6 Å². The van der Waals surface area contributed by atoms with Crippen molar-refractivity contribution in [2.45, 2.75) is 24.8 Å². The highest BCUT2D eigenvalue weighted by Gasteiger charge is 2.29. The highest BCUT2D eigenvalue weighted by Crippen LogP contribution is 2.23. The molecule has 0 saturated carbocycles. The zero-order valence-corrected chi connectivity index (χ0v) is 23.3. The monoisotopic (exact) mass is 572 g/mol. The Morgan fingerprint density at radius 1 is 0.949 bits per heavy atom. The van der Waals surface area contributed by atoms with Crippen LogP contribution in [0.4, 0.5) is 15.8 Å². The molecular formula is C28H30ClFN4O4S. The number of amides is 2. The lowest BCUT2D eigenvalue weighted by Gasteiger charge is -2.36. The SMILES string of the molecule is CC(C)N(CC(=O)Nc1ccc(N2CCN(C(=O)c3ccccc3F)CC2)cc1)S(=O)(=O)c1ccc(Cl)cc1. The maximum Gasteiger partial charge on any atom is 0.256 e. The Balaban J connectivity index is 1.34. The number of nitrogens with one attached hydrogen (secondary N) is 1. The maximum absolute atomic E-state index is 14.0. The van der Waals surface area contributed by atoms with Crippen LogP contribution in [0.25, 0.3) is 0 Å². The lowest BCUT2D eigenvalue weighted by atomic mass is 10.1. The lowest BCUT2D eigenvalue weighted by molar-refractivity contribution is -0.116. The van der Waals surface area contributed by atoms with E-state index in [1.54, 1.807) is 43.0 Å². The van der Waals surface area contributed by atoms with Gasteiger partial charge in [0.05, 0.1) is 17.0 Å². The van der Waals surface area contributed by atoms with E-state index in [4.69, 9.17) is 11.6 Å². The van der Waals surface area contributed by atoms with Crippen LogP contribution in [0.3, 0.4) is 0 Å². The summed E-state index contributed by atoms with van der Waals surface area (Å²) in [4.78, 5) is 29.3. The molecule has 39 heavy (non-hydrogen) atoms. The van der Waals surface area contributed by atoms with E-state index in [0.29, 0.717) is 36.9 Å². The molecule has 4 rings (SSSR count). The summed E-state index contributed by atoms with van der Waals surface area (Å²) >= 11 is 5.88. The molecule has 1 saturated heterocycles. The van der Waals surface area contributed by atoms with Gasteiger partial charge in [0, 0.05) is 48.6 Å². The van der Waals surface area contributed by atoms with Crippen molar-refractivity contribution in [3.63, 3.8) is 0 Å². The fourth-order valence-corrected chi connectivity index (χ4v) is 6.08. The second kappa shape index (κ2) is 12.1. The lowest BCUT2D eigenvalue weighted by Crippen LogP contribution is -2.49. The van der Waals surface area contributed by atoms with Gasteiger partial charge in [-0.05, 0) is 74.5 Å². The second-order valence-corrected chi connectivity index (χ2v) is 11.8. The van der Waals surface area contributed by atoms with Crippen molar-refractivity contribution >= 4 is 44.8 Å². The minimum atomic E-state index is -3.90. The number of carbonyl (C=O) groups excluding carboxylic acids is 2. The first-order valence-corrected chi connectivity index (χ1v) is 14.3. The van der Waals surface area contributed by atoms with E-state index in [-0.39, 0.29) is 22.9 Å². The maximum atomic E-state index is 14.0. The summed E-state index contributed by atoms with van der Waals surface area (Å²) in [5.41, 5.74) is 1.52. The topological polar surface area (TPSA) is 90.0 Å². The first-order chi connectivity index (χ1) is 18.6. The molecule has 0 unspecified atom stereocenters. The largest absolute Gasteiger partial charge is 0.368 e. The summed E-state index contributed by atoms with van der Waals surface area (Å²) in [6.07, 6.45) is 0. The van der Waals surface area contributed by atoms with Crippen molar-refractivity contribution in [1.82, 2.24) is 9.21 Å². The van der Waals surface area contributed by atoms with Crippen molar-refractivity contribution in [2.24, 2.45) is 0 Å². The predicted octanol–water partition coefficient (Wildman–Crippen LogP) is 4.48. The summed E-state index contributed by atoms with van der Waals surface area (Å²) in [5.74, 6) is -1.31. The van der Waals surface area contributed by atoms with Gasteiger partial charge >= 0.3 is 0 Å². The molecule has 0 aromatic heterocycles. The third-order valence-corrected chi connectivity index (χ3v) is 8.77. The second-order valence-electron chi connectivity index (χ2n) is 9.45. The molecule has 2 amide bonds. The summed E-state index contributed by atoms with van der Waals surface area (Å²) in [5, 5.41) is 3.18. The molecule has 0 bridgehead atoms. The summed E-state index contributed by atoms with van der Waals surface area (Å²) in [7, 11) is -3.90. The number of benzene rings is 3. The number of halogens is 2. The number of rotatable bonds is 8. The van der Waals surface area contributed by atoms with Gasteiger partial charge in [-0.2, -0.15) is 4.31 Å². The first kappa shape index (κ1) is 28.5. The molecule has 0 spiro atoms. The minimum absolute atomic E-state index is 0.0634. The number of carbonyl (C=O) groups is 2. The molecule has 1 aliphatic rings. The molecule has 3 aromatic rings. The number of nitrogens with zero attached hydrogens (tertiary/aromatic N) is 3.